The second-order valence-corrected chi connectivity index (χ2v) is 6.26. The minimum absolute atomic E-state index is 0.0253. The van der Waals surface area contributed by atoms with Crippen LogP contribution in [0.4, 0.5) is 0 Å². The normalized spacial score (nSPS) is 15.7. The highest BCUT2D eigenvalue weighted by molar-refractivity contribution is 5.95. The van der Waals surface area contributed by atoms with E-state index in [4.69, 9.17) is 9.47 Å². The first-order valence-electron chi connectivity index (χ1n) is 7.98. The number of fused-ring (bicyclic) bond motifs is 1. The Hall–Kier alpha value is -2.43. The average Bonchev–Trinajstić information content (AvgIpc) is 3.17. The summed E-state index contributed by atoms with van der Waals surface area (Å²) in [6.45, 7) is 4.83. The third kappa shape index (κ3) is 2.56. The molecule has 5 nitrogen and oxygen atoms in total. The van der Waals surface area contributed by atoms with Gasteiger partial charge in [0.05, 0.1) is 5.56 Å². The van der Waals surface area contributed by atoms with Crippen molar-refractivity contribution in [2.75, 3.05) is 6.79 Å². The SMILES string of the molecule is Cc1cc(C(=O)NCc2ccc3c(c2)OCO3)c(C)n1C1CC1. The van der Waals surface area contributed by atoms with Gasteiger partial charge in [-0.1, -0.05) is 6.07 Å². The summed E-state index contributed by atoms with van der Waals surface area (Å²) in [6, 6.07) is 8.31. The van der Waals surface area contributed by atoms with Crippen LogP contribution in [0.2, 0.25) is 0 Å². The highest BCUT2D eigenvalue weighted by Crippen LogP contribution is 2.38. The topological polar surface area (TPSA) is 52.5 Å². The summed E-state index contributed by atoms with van der Waals surface area (Å²) >= 11 is 0. The summed E-state index contributed by atoms with van der Waals surface area (Å²) in [6.07, 6.45) is 2.43. The molecular weight excluding hydrogens is 292 g/mol. The number of rotatable bonds is 4. The number of ether oxygens (including phenoxy) is 2. The van der Waals surface area contributed by atoms with Crippen LogP contribution in [-0.2, 0) is 6.54 Å². The van der Waals surface area contributed by atoms with Crippen molar-refractivity contribution >= 4 is 5.91 Å². The summed E-state index contributed by atoms with van der Waals surface area (Å²) in [5.41, 5.74) is 4.00. The van der Waals surface area contributed by atoms with Crippen molar-refractivity contribution in [3.8, 4) is 11.5 Å². The Bertz CT molecular complexity index is 775. The van der Waals surface area contributed by atoms with Gasteiger partial charge < -0.3 is 19.4 Å². The lowest BCUT2D eigenvalue weighted by Crippen LogP contribution is -2.23. The van der Waals surface area contributed by atoms with E-state index in [2.05, 4.69) is 16.8 Å². The highest BCUT2D eigenvalue weighted by Gasteiger charge is 2.28. The van der Waals surface area contributed by atoms with Gasteiger partial charge in [-0.15, -0.1) is 0 Å². The molecule has 2 aromatic rings. The van der Waals surface area contributed by atoms with E-state index >= 15 is 0 Å². The lowest BCUT2D eigenvalue weighted by atomic mass is 10.2. The zero-order valence-corrected chi connectivity index (χ0v) is 13.4. The summed E-state index contributed by atoms with van der Waals surface area (Å²) < 4.78 is 12.9. The van der Waals surface area contributed by atoms with Gasteiger partial charge in [0, 0.05) is 24.0 Å². The number of carbonyl (C=O) groups excluding carboxylic acids is 1. The fourth-order valence-electron chi connectivity index (χ4n) is 3.23. The summed E-state index contributed by atoms with van der Waals surface area (Å²) in [4.78, 5) is 12.5. The first kappa shape index (κ1) is 14.2. The lowest BCUT2D eigenvalue weighted by molar-refractivity contribution is 0.0950. The molecule has 5 heteroatoms. The molecule has 0 spiro atoms. The first-order chi connectivity index (χ1) is 11.1. The van der Waals surface area contributed by atoms with E-state index in [0.29, 0.717) is 12.6 Å². The molecule has 2 aliphatic rings. The predicted octanol–water partition coefficient (Wildman–Crippen LogP) is 3.10. The number of carbonyl (C=O) groups is 1. The number of benzene rings is 1. The minimum Gasteiger partial charge on any atom is -0.454 e. The van der Waals surface area contributed by atoms with Crippen LogP contribution in [0.15, 0.2) is 24.3 Å². The molecule has 1 amide bonds. The number of aryl methyl sites for hydroxylation is 1. The smallest absolute Gasteiger partial charge is 0.253 e. The maximum absolute atomic E-state index is 12.5. The molecule has 4 rings (SSSR count). The van der Waals surface area contributed by atoms with E-state index in [-0.39, 0.29) is 12.7 Å². The zero-order chi connectivity index (χ0) is 16.0. The number of hydrogen-bond donors (Lipinski definition) is 1. The van der Waals surface area contributed by atoms with E-state index < -0.39 is 0 Å². The van der Waals surface area contributed by atoms with Crippen LogP contribution in [0, 0.1) is 13.8 Å². The summed E-state index contributed by atoms with van der Waals surface area (Å²) in [5.74, 6) is 1.47. The van der Waals surface area contributed by atoms with Gasteiger partial charge >= 0.3 is 0 Å². The van der Waals surface area contributed by atoms with E-state index in [1.54, 1.807) is 0 Å². The molecule has 0 saturated heterocycles. The molecule has 2 heterocycles. The van der Waals surface area contributed by atoms with Crippen molar-refractivity contribution < 1.29 is 14.3 Å². The van der Waals surface area contributed by atoms with Crippen LogP contribution in [0.1, 0.15) is 46.2 Å². The van der Waals surface area contributed by atoms with Crippen molar-refractivity contribution in [1.29, 1.82) is 0 Å². The number of hydrogen-bond acceptors (Lipinski definition) is 3. The Morgan fingerprint density at radius 2 is 2.00 bits per heavy atom. The second kappa shape index (κ2) is 5.33. The Kier molecular flexibility index (Phi) is 3.29. The van der Waals surface area contributed by atoms with Crippen molar-refractivity contribution in [2.24, 2.45) is 0 Å². The van der Waals surface area contributed by atoms with Crippen LogP contribution in [0.3, 0.4) is 0 Å². The fourth-order valence-corrected chi connectivity index (χ4v) is 3.23. The van der Waals surface area contributed by atoms with Crippen LogP contribution >= 0.6 is 0 Å². The largest absolute Gasteiger partial charge is 0.454 e. The molecule has 1 aromatic carbocycles. The molecule has 1 fully saturated rings. The molecule has 23 heavy (non-hydrogen) atoms. The van der Waals surface area contributed by atoms with Gasteiger partial charge in [0.15, 0.2) is 11.5 Å². The molecule has 1 saturated carbocycles. The Balaban J connectivity index is 1.47. The van der Waals surface area contributed by atoms with Crippen LogP contribution in [0.5, 0.6) is 11.5 Å². The molecular formula is C18H20N2O3. The van der Waals surface area contributed by atoms with Gasteiger partial charge in [-0.3, -0.25) is 4.79 Å². The van der Waals surface area contributed by atoms with Gasteiger partial charge in [0.2, 0.25) is 6.79 Å². The van der Waals surface area contributed by atoms with E-state index in [1.807, 2.05) is 31.2 Å². The maximum Gasteiger partial charge on any atom is 0.253 e. The molecule has 120 valence electrons. The van der Waals surface area contributed by atoms with Crippen LogP contribution in [0.25, 0.3) is 0 Å². The Morgan fingerprint density at radius 3 is 2.78 bits per heavy atom. The number of nitrogens with one attached hydrogen (secondary N) is 1. The number of aromatic nitrogens is 1. The second-order valence-electron chi connectivity index (χ2n) is 6.26. The van der Waals surface area contributed by atoms with Gasteiger partial charge in [-0.2, -0.15) is 0 Å². The first-order valence-corrected chi connectivity index (χ1v) is 7.98. The number of amides is 1. The quantitative estimate of drug-likeness (QED) is 0.944. The molecule has 1 aliphatic carbocycles. The minimum atomic E-state index is -0.0253. The lowest BCUT2D eigenvalue weighted by Gasteiger charge is -2.09. The summed E-state index contributed by atoms with van der Waals surface area (Å²) in [5, 5.41) is 3.00. The van der Waals surface area contributed by atoms with E-state index in [9.17, 15) is 4.79 Å². The molecule has 0 radical (unpaired) electrons. The van der Waals surface area contributed by atoms with Crippen molar-refractivity contribution in [3.63, 3.8) is 0 Å². The van der Waals surface area contributed by atoms with E-state index in [1.165, 1.54) is 18.5 Å². The standard InChI is InChI=1S/C18H20N2O3/c1-11-7-15(12(2)20(11)14-4-5-14)18(21)19-9-13-3-6-16-17(8-13)23-10-22-16/h3,6-8,14H,4-5,9-10H2,1-2H3,(H,19,21). The van der Waals surface area contributed by atoms with Gasteiger partial charge in [-0.25, -0.2) is 0 Å². The van der Waals surface area contributed by atoms with E-state index in [0.717, 1.165) is 28.3 Å². The highest BCUT2D eigenvalue weighted by atomic mass is 16.7. The van der Waals surface area contributed by atoms with Gasteiger partial charge in [0.1, 0.15) is 0 Å². The Labute approximate surface area is 135 Å². The van der Waals surface area contributed by atoms with Crippen LogP contribution < -0.4 is 14.8 Å². The number of nitrogens with zero attached hydrogens (tertiary/aromatic N) is 1. The molecule has 0 bridgehead atoms. The Morgan fingerprint density at radius 1 is 1.22 bits per heavy atom. The maximum atomic E-state index is 12.5. The molecule has 0 unspecified atom stereocenters. The summed E-state index contributed by atoms with van der Waals surface area (Å²) in [7, 11) is 0. The van der Waals surface area contributed by atoms with Gasteiger partial charge in [0.25, 0.3) is 5.91 Å². The molecule has 0 atom stereocenters. The molecule has 1 N–H and O–H groups in total. The van der Waals surface area contributed by atoms with Crippen LogP contribution in [-0.4, -0.2) is 17.3 Å². The van der Waals surface area contributed by atoms with Crippen molar-refractivity contribution in [1.82, 2.24) is 9.88 Å². The third-order valence-corrected chi connectivity index (χ3v) is 4.53. The average molecular weight is 312 g/mol. The monoisotopic (exact) mass is 312 g/mol. The molecule has 1 aromatic heterocycles. The fraction of sp³-hybridized carbons (Fsp3) is 0.389. The third-order valence-electron chi connectivity index (χ3n) is 4.53. The van der Waals surface area contributed by atoms with Crippen molar-refractivity contribution in [2.45, 2.75) is 39.3 Å². The zero-order valence-electron chi connectivity index (χ0n) is 13.4. The molecule has 1 aliphatic heterocycles. The van der Waals surface area contributed by atoms with Crippen molar-refractivity contribution in [3.05, 3.63) is 46.8 Å². The predicted molar refractivity (Wildman–Crippen MR) is 85.9 cm³/mol. The van der Waals surface area contributed by atoms with Gasteiger partial charge in [-0.05, 0) is 50.5 Å².